The van der Waals surface area contributed by atoms with Gasteiger partial charge in [0.25, 0.3) is 0 Å². The van der Waals surface area contributed by atoms with E-state index in [1.807, 2.05) is 49.1 Å². The number of terminal acetylenes is 1. The summed E-state index contributed by atoms with van der Waals surface area (Å²) in [7, 11) is 1.61. The molecule has 0 fully saturated rings. The third-order valence-corrected chi connectivity index (χ3v) is 5.70. The van der Waals surface area contributed by atoms with E-state index in [0.717, 1.165) is 32.5 Å². The van der Waals surface area contributed by atoms with Gasteiger partial charge in [0.15, 0.2) is 5.13 Å². The van der Waals surface area contributed by atoms with E-state index in [4.69, 9.17) is 39.3 Å². The first-order valence-corrected chi connectivity index (χ1v) is 9.80. The average molecular weight is 498 g/mol. The lowest BCUT2D eigenvalue weighted by atomic mass is 10.1. The molecule has 0 aliphatic heterocycles. The fourth-order valence-electron chi connectivity index (χ4n) is 2.78. The molecule has 0 saturated carbocycles. The third kappa shape index (κ3) is 4.64. The molecule has 0 N–H and O–H groups in total. The monoisotopic (exact) mass is 496 g/mol. The Morgan fingerprint density at radius 2 is 1.93 bits per heavy atom. The molecule has 1 heterocycles. The Balaban J connectivity index is 0.00000280. The van der Waals surface area contributed by atoms with Gasteiger partial charge in [-0.2, -0.15) is 0 Å². The summed E-state index contributed by atoms with van der Waals surface area (Å²) in [4.78, 5) is 7.90. The van der Waals surface area contributed by atoms with Crippen molar-refractivity contribution in [3.05, 3.63) is 56.9 Å². The maximum absolute atomic E-state index is 6.45. The minimum atomic E-state index is 0. The molecule has 146 valence electrons. The molecule has 0 unspecified atom stereocenters. The lowest BCUT2D eigenvalue weighted by Crippen LogP contribution is -2.18. The third-order valence-electron chi connectivity index (χ3n) is 4.16. The van der Waals surface area contributed by atoms with Crippen molar-refractivity contribution in [1.82, 2.24) is 4.98 Å². The highest BCUT2D eigenvalue weighted by atomic mass is 79.9. The van der Waals surface area contributed by atoms with Crippen LogP contribution in [0.25, 0.3) is 11.3 Å². The molecule has 7 heteroatoms. The Morgan fingerprint density at radius 1 is 1.18 bits per heavy atom. The van der Waals surface area contributed by atoms with E-state index in [2.05, 4.69) is 5.92 Å². The highest BCUT2D eigenvalue weighted by Crippen LogP contribution is 2.40. The smallest absolute Gasteiger partial charge is 0.191 e. The van der Waals surface area contributed by atoms with Gasteiger partial charge in [0.05, 0.1) is 24.4 Å². The van der Waals surface area contributed by atoms with Crippen LogP contribution in [0.4, 0.5) is 10.8 Å². The molecule has 0 spiro atoms. The molecule has 0 atom stereocenters. The Morgan fingerprint density at radius 3 is 2.57 bits per heavy atom. The van der Waals surface area contributed by atoms with Crippen LogP contribution in [0.5, 0.6) is 5.75 Å². The number of benzene rings is 2. The Labute approximate surface area is 190 Å². The molecule has 28 heavy (non-hydrogen) atoms. The van der Waals surface area contributed by atoms with Gasteiger partial charge in [-0.25, -0.2) is 4.98 Å². The van der Waals surface area contributed by atoms with Gasteiger partial charge < -0.3 is 9.64 Å². The maximum Gasteiger partial charge on any atom is 0.191 e. The SMILES string of the molecule is Br.C#CCN(c1nc(-c2ccc(OC)cc2Cl)c(C)s1)c1cc(Cl)ccc1C. The number of hydrogen-bond acceptors (Lipinski definition) is 4. The number of nitrogens with zero attached hydrogens (tertiary/aromatic N) is 2. The van der Waals surface area contributed by atoms with Gasteiger partial charge in [0, 0.05) is 21.2 Å². The van der Waals surface area contributed by atoms with Gasteiger partial charge >= 0.3 is 0 Å². The summed E-state index contributed by atoms with van der Waals surface area (Å²) in [6, 6.07) is 11.3. The van der Waals surface area contributed by atoms with E-state index in [1.165, 1.54) is 0 Å². The van der Waals surface area contributed by atoms with E-state index in [-0.39, 0.29) is 17.0 Å². The summed E-state index contributed by atoms with van der Waals surface area (Å²) in [5, 5.41) is 2.05. The fraction of sp³-hybridized carbons (Fsp3) is 0.190. The summed E-state index contributed by atoms with van der Waals surface area (Å²) in [6.45, 7) is 4.44. The number of halogens is 3. The fourth-order valence-corrected chi connectivity index (χ4v) is 4.15. The van der Waals surface area contributed by atoms with Crippen molar-refractivity contribution in [2.45, 2.75) is 13.8 Å². The zero-order valence-corrected chi connectivity index (χ0v) is 19.7. The number of thiazole rings is 1. The Hall–Kier alpha value is -1.71. The van der Waals surface area contributed by atoms with Gasteiger partial charge in [0.1, 0.15) is 5.75 Å². The summed E-state index contributed by atoms with van der Waals surface area (Å²) in [5.74, 6) is 3.42. The molecule has 0 radical (unpaired) electrons. The highest BCUT2D eigenvalue weighted by molar-refractivity contribution is 8.93. The van der Waals surface area contributed by atoms with Gasteiger partial charge in [-0.1, -0.05) is 35.2 Å². The molecule has 0 saturated heterocycles. The first-order chi connectivity index (χ1) is 12.9. The average Bonchev–Trinajstić information content (AvgIpc) is 3.03. The van der Waals surface area contributed by atoms with Crippen LogP contribution in [-0.2, 0) is 0 Å². The number of anilines is 2. The quantitative estimate of drug-likeness (QED) is 0.351. The summed E-state index contributed by atoms with van der Waals surface area (Å²) in [5.41, 5.74) is 3.72. The maximum atomic E-state index is 6.45. The van der Waals surface area contributed by atoms with Crippen molar-refractivity contribution >= 4 is 62.3 Å². The van der Waals surface area contributed by atoms with Crippen LogP contribution in [0.15, 0.2) is 36.4 Å². The normalized spacial score (nSPS) is 10.1. The predicted octanol–water partition coefficient (Wildman–Crippen LogP) is 7.09. The standard InChI is InChI=1S/C21H18Cl2N2OS.BrH/c1-5-10-25(19-11-15(22)7-6-13(19)2)21-24-20(14(3)27-21)17-9-8-16(26-4)12-18(17)23;/h1,6-9,11-12H,10H2,2-4H3;1H. The second-order valence-corrected chi connectivity index (χ2v) is 7.99. The van der Waals surface area contributed by atoms with Crippen molar-refractivity contribution in [3.63, 3.8) is 0 Å². The lowest BCUT2D eigenvalue weighted by Gasteiger charge is -2.21. The predicted molar refractivity (Wildman–Crippen MR) is 126 cm³/mol. The second kappa shape index (κ2) is 9.67. The first-order valence-electron chi connectivity index (χ1n) is 8.23. The summed E-state index contributed by atoms with van der Waals surface area (Å²) < 4.78 is 5.23. The number of rotatable bonds is 5. The van der Waals surface area contributed by atoms with E-state index in [1.54, 1.807) is 24.5 Å². The van der Waals surface area contributed by atoms with Crippen LogP contribution in [0.3, 0.4) is 0 Å². The van der Waals surface area contributed by atoms with E-state index >= 15 is 0 Å². The molecule has 3 aromatic rings. The number of aryl methyl sites for hydroxylation is 2. The van der Waals surface area contributed by atoms with Crippen LogP contribution in [-0.4, -0.2) is 18.6 Å². The largest absolute Gasteiger partial charge is 0.497 e. The molecule has 1 aromatic heterocycles. The van der Waals surface area contributed by atoms with Crippen molar-refractivity contribution in [1.29, 1.82) is 0 Å². The number of ether oxygens (including phenoxy) is 1. The van der Waals surface area contributed by atoms with Crippen molar-refractivity contribution in [2.75, 3.05) is 18.6 Å². The second-order valence-electron chi connectivity index (χ2n) is 5.97. The molecule has 2 aromatic carbocycles. The molecule has 0 aliphatic carbocycles. The van der Waals surface area contributed by atoms with Crippen molar-refractivity contribution < 1.29 is 4.74 Å². The van der Waals surface area contributed by atoms with E-state index in [0.29, 0.717) is 22.3 Å². The van der Waals surface area contributed by atoms with Gasteiger partial charge in [0.2, 0.25) is 0 Å². The van der Waals surface area contributed by atoms with Crippen molar-refractivity contribution in [3.8, 4) is 29.4 Å². The molecule has 0 aliphatic rings. The zero-order chi connectivity index (χ0) is 19.6. The minimum absolute atomic E-state index is 0. The van der Waals surface area contributed by atoms with Crippen LogP contribution in [0, 0.1) is 26.2 Å². The molecule has 3 nitrogen and oxygen atoms in total. The topological polar surface area (TPSA) is 25.4 Å². The Bertz CT molecular complexity index is 1030. The van der Waals surface area contributed by atoms with Crippen LogP contribution < -0.4 is 9.64 Å². The van der Waals surface area contributed by atoms with Gasteiger partial charge in [-0.15, -0.1) is 34.7 Å². The highest BCUT2D eigenvalue weighted by Gasteiger charge is 2.19. The number of aromatic nitrogens is 1. The van der Waals surface area contributed by atoms with Crippen LogP contribution in [0.2, 0.25) is 10.0 Å². The van der Waals surface area contributed by atoms with Gasteiger partial charge in [-0.05, 0) is 49.7 Å². The molecule has 3 rings (SSSR count). The summed E-state index contributed by atoms with van der Waals surface area (Å²) >= 11 is 14.2. The van der Waals surface area contributed by atoms with Crippen molar-refractivity contribution in [2.24, 2.45) is 0 Å². The van der Waals surface area contributed by atoms with Gasteiger partial charge in [-0.3, -0.25) is 0 Å². The minimum Gasteiger partial charge on any atom is -0.497 e. The first kappa shape index (κ1) is 22.6. The molecular formula is C21H19BrCl2N2OS. The number of methoxy groups -OCH3 is 1. The van der Waals surface area contributed by atoms with Crippen LogP contribution in [0.1, 0.15) is 10.4 Å². The number of hydrogen-bond donors (Lipinski definition) is 0. The molecule has 0 amide bonds. The molecule has 0 bridgehead atoms. The Kier molecular flexibility index (Phi) is 7.79. The summed E-state index contributed by atoms with van der Waals surface area (Å²) in [6.07, 6.45) is 5.62. The lowest BCUT2D eigenvalue weighted by molar-refractivity contribution is 0.415. The van der Waals surface area contributed by atoms with Crippen LogP contribution >= 0.6 is 51.5 Å². The van der Waals surface area contributed by atoms with E-state index < -0.39 is 0 Å². The van der Waals surface area contributed by atoms with E-state index in [9.17, 15) is 0 Å². The molecular weight excluding hydrogens is 479 g/mol. The zero-order valence-electron chi connectivity index (χ0n) is 15.6.